The van der Waals surface area contributed by atoms with Crippen LogP contribution in [-0.4, -0.2) is 44.0 Å². The molecule has 39 heavy (non-hydrogen) atoms. The maximum absolute atomic E-state index is 11.3. The molecule has 210 valence electrons. The number of allylic oxidation sites excluding steroid dienone is 2. The lowest BCUT2D eigenvalue weighted by Gasteiger charge is -2.21. The fourth-order valence-electron chi connectivity index (χ4n) is 4.47. The van der Waals surface area contributed by atoms with Gasteiger partial charge in [-0.2, -0.15) is 8.42 Å². The van der Waals surface area contributed by atoms with Crippen LogP contribution in [0.4, 0.5) is 5.69 Å². The highest BCUT2D eigenvalue weighted by Crippen LogP contribution is 2.47. The van der Waals surface area contributed by atoms with Crippen LogP contribution >= 0.6 is 34.7 Å². The first kappa shape index (κ1) is 30.1. The van der Waals surface area contributed by atoms with Gasteiger partial charge in [0.1, 0.15) is 0 Å². The van der Waals surface area contributed by atoms with E-state index in [4.69, 9.17) is 11.6 Å². The van der Waals surface area contributed by atoms with Gasteiger partial charge >= 0.3 is 0 Å². The first-order valence-electron chi connectivity index (χ1n) is 12.4. The Balaban J connectivity index is 1.71. The molecule has 1 N–H and O–H groups in total. The van der Waals surface area contributed by atoms with Gasteiger partial charge in [-0.1, -0.05) is 36.4 Å². The Morgan fingerprint density at radius 2 is 1.87 bits per heavy atom. The highest BCUT2D eigenvalue weighted by atomic mass is 35.5. The van der Waals surface area contributed by atoms with Crippen molar-refractivity contribution in [3.8, 4) is 0 Å². The molecule has 0 aliphatic carbocycles. The van der Waals surface area contributed by atoms with Crippen molar-refractivity contribution in [2.24, 2.45) is 0 Å². The number of aryl methyl sites for hydroxylation is 2. The Kier molecular flexibility index (Phi) is 9.52. The molecule has 3 aromatic rings. The van der Waals surface area contributed by atoms with Crippen molar-refractivity contribution in [3.63, 3.8) is 0 Å². The molecule has 1 aliphatic heterocycles. The maximum atomic E-state index is 11.3. The topological polar surface area (TPSA) is 115 Å². The zero-order chi connectivity index (χ0) is 28.4. The summed E-state index contributed by atoms with van der Waals surface area (Å²) >= 11 is 9.47. The predicted octanol–water partition coefficient (Wildman–Crippen LogP) is 6.87. The molecule has 0 amide bonds. The van der Waals surface area contributed by atoms with Crippen molar-refractivity contribution in [2.45, 2.75) is 44.4 Å². The number of nitrogens with zero attached hydrogens (tertiary/aromatic N) is 1. The predicted molar refractivity (Wildman–Crippen MR) is 161 cm³/mol. The Morgan fingerprint density at radius 1 is 1.10 bits per heavy atom. The van der Waals surface area contributed by atoms with E-state index < -0.39 is 26.0 Å². The minimum atomic E-state index is -4.31. The summed E-state index contributed by atoms with van der Waals surface area (Å²) in [6, 6.07) is 11.8. The van der Waals surface area contributed by atoms with Crippen molar-refractivity contribution < 1.29 is 25.9 Å². The summed E-state index contributed by atoms with van der Waals surface area (Å²) in [6.07, 6.45) is 5.84. The van der Waals surface area contributed by atoms with Gasteiger partial charge in [-0.25, -0.2) is 8.42 Å². The van der Waals surface area contributed by atoms with Crippen LogP contribution in [0.15, 0.2) is 58.0 Å². The third kappa shape index (κ3) is 8.09. The number of hydrogen-bond acceptors (Lipinski definition) is 8. The van der Waals surface area contributed by atoms with Gasteiger partial charge in [-0.05, 0) is 97.2 Å². The highest BCUT2D eigenvalue weighted by molar-refractivity contribution is 8.03. The van der Waals surface area contributed by atoms with Crippen LogP contribution in [0.3, 0.4) is 0 Å². The Labute approximate surface area is 243 Å². The zero-order valence-electron chi connectivity index (χ0n) is 21.5. The fraction of sp³-hybridized carbons (Fsp3) is 0.333. The fourth-order valence-corrected chi connectivity index (χ4v) is 7.99. The summed E-state index contributed by atoms with van der Waals surface area (Å²) in [5, 5.41) is 2.50. The van der Waals surface area contributed by atoms with Gasteiger partial charge in [0.05, 0.1) is 26.6 Å². The SMILES string of the molecule is CCC(=Cc1sc2ccc(Cl)cc2c1CCCS(=O)(=O)[O-])/C=C1\Sc2ccc(C)cc2N1CCCS(=O)(=O)O. The molecule has 1 aromatic heterocycles. The number of anilines is 1. The van der Waals surface area contributed by atoms with Crippen LogP contribution in [0.1, 0.15) is 42.2 Å². The molecule has 0 radical (unpaired) electrons. The minimum absolute atomic E-state index is 0.222. The molecule has 12 heteroatoms. The number of benzene rings is 2. The quantitative estimate of drug-likeness (QED) is 0.229. The van der Waals surface area contributed by atoms with Crippen LogP contribution in [0, 0.1) is 6.92 Å². The summed E-state index contributed by atoms with van der Waals surface area (Å²) in [5.74, 6) is -0.739. The third-order valence-electron chi connectivity index (χ3n) is 6.31. The minimum Gasteiger partial charge on any atom is -0.748 e. The molecular formula is C27H29ClNO6S4-. The van der Waals surface area contributed by atoms with E-state index in [1.807, 2.05) is 31.2 Å². The second-order valence-corrected chi connectivity index (χ2v) is 15.0. The molecule has 0 spiro atoms. The summed E-state index contributed by atoms with van der Waals surface area (Å²) < 4.78 is 66.5. The van der Waals surface area contributed by atoms with Gasteiger partial charge in [0.15, 0.2) is 0 Å². The van der Waals surface area contributed by atoms with Gasteiger partial charge in [0.2, 0.25) is 0 Å². The molecule has 1 aliphatic rings. The number of thioether (sulfide) groups is 1. The van der Waals surface area contributed by atoms with E-state index in [-0.39, 0.29) is 18.6 Å². The number of halogens is 1. The van der Waals surface area contributed by atoms with Gasteiger partial charge < -0.3 is 9.45 Å². The van der Waals surface area contributed by atoms with E-state index in [9.17, 15) is 25.9 Å². The number of hydrogen-bond donors (Lipinski definition) is 1. The molecule has 0 saturated heterocycles. The van der Waals surface area contributed by atoms with Gasteiger partial charge in [0, 0.05) is 31.8 Å². The number of thiophene rings is 1. The average Bonchev–Trinajstić information content (AvgIpc) is 3.34. The van der Waals surface area contributed by atoms with Crippen LogP contribution in [0.5, 0.6) is 0 Å². The average molecular weight is 627 g/mol. The molecule has 0 fully saturated rings. The van der Waals surface area contributed by atoms with E-state index in [1.165, 1.54) is 0 Å². The second kappa shape index (κ2) is 12.3. The molecule has 7 nitrogen and oxygen atoms in total. The number of fused-ring (bicyclic) bond motifs is 2. The van der Waals surface area contributed by atoms with Crippen molar-refractivity contribution in [3.05, 3.63) is 74.1 Å². The summed E-state index contributed by atoms with van der Waals surface area (Å²) in [6.45, 7) is 4.49. The van der Waals surface area contributed by atoms with Crippen LogP contribution in [-0.2, 0) is 26.7 Å². The van der Waals surface area contributed by atoms with E-state index in [1.54, 1.807) is 23.1 Å². The molecular weight excluding hydrogens is 598 g/mol. The Hall–Kier alpha value is -1.86. The van der Waals surface area contributed by atoms with Crippen LogP contribution in [0.2, 0.25) is 5.02 Å². The monoisotopic (exact) mass is 626 g/mol. The lowest BCUT2D eigenvalue weighted by atomic mass is 10.0. The van der Waals surface area contributed by atoms with E-state index in [0.29, 0.717) is 18.0 Å². The van der Waals surface area contributed by atoms with Crippen molar-refractivity contribution in [2.75, 3.05) is 23.0 Å². The summed E-state index contributed by atoms with van der Waals surface area (Å²) in [5.41, 5.74) is 4.11. The summed E-state index contributed by atoms with van der Waals surface area (Å²) in [4.78, 5) is 4.15. The van der Waals surface area contributed by atoms with E-state index >= 15 is 0 Å². The molecule has 0 unspecified atom stereocenters. The molecule has 0 atom stereocenters. The van der Waals surface area contributed by atoms with Crippen LogP contribution < -0.4 is 4.90 Å². The Morgan fingerprint density at radius 3 is 2.56 bits per heavy atom. The van der Waals surface area contributed by atoms with Gasteiger partial charge in [-0.3, -0.25) is 4.55 Å². The summed E-state index contributed by atoms with van der Waals surface area (Å²) in [7, 11) is -8.36. The van der Waals surface area contributed by atoms with Crippen molar-refractivity contribution >= 4 is 76.8 Å². The zero-order valence-corrected chi connectivity index (χ0v) is 25.5. The molecule has 4 rings (SSSR count). The lowest BCUT2D eigenvalue weighted by Crippen LogP contribution is -2.21. The first-order chi connectivity index (χ1) is 18.3. The largest absolute Gasteiger partial charge is 0.748 e. The molecule has 0 saturated carbocycles. The van der Waals surface area contributed by atoms with E-state index in [2.05, 4.69) is 36.1 Å². The van der Waals surface area contributed by atoms with Crippen LogP contribution in [0.25, 0.3) is 16.2 Å². The second-order valence-electron chi connectivity index (χ2n) is 9.37. The van der Waals surface area contributed by atoms with E-state index in [0.717, 1.165) is 53.7 Å². The Bertz CT molecular complexity index is 1660. The standard InChI is InChI=1S/C27H30ClNO6S4/c1-3-19(15-26-21(6-4-12-38(30,31)32)22-17-20(28)8-10-24(22)36-26)16-27-29(11-5-13-39(33,34)35)23-14-18(2)7-9-25(23)37-27/h7-10,14-17H,3-6,11-13H2,1-2H3,(H,30,31,32)(H,33,34,35)/p-1/b19-15?,27-16-. The number of rotatable bonds is 11. The van der Waals surface area contributed by atoms with Crippen molar-refractivity contribution in [1.82, 2.24) is 0 Å². The maximum Gasteiger partial charge on any atom is 0.264 e. The van der Waals surface area contributed by atoms with Gasteiger partial charge in [-0.15, -0.1) is 11.3 Å². The van der Waals surface area contributed by atoms with Crippen molar-refractivity contribution in [1.29, 1.82) is 0 Å². The molecule has 0 bridgehead atoms. The third-order valence-corrected chi connectivity index (χ3v) is 10.4. The molecule has 2 heterocycles. The van der Waals surface area contributed by atoms with Gasteiger partial charge in [0.25, 0.3) is 10.1 Å². The first-order valence-corrected chi connectivity index (χ1v) is 17.6. The normalized spacial score (nSPS) is 15.5. The smallest absolute Gasteiger partial charge is 0.264 e. The molecule has 2 aromatic carbocycles. The lowest BCUT2D eigenvalue weighted by molar-refractivity contribution is 0.461. The highest BCUT2D eigenvalue weighted by Gasteiger charge is 2.25.